The van der Waals surface area contributed by atoms with Crippen molar-refractivity contribution in [2.24, 2.45) is 0 Å². The molecule has 0 radical (unpaired) electrons. The first kappa shape index (κ1) is 26.0. The van der Waals surface area contributed by atoms with Crippen molar-refractivity contribution in [1.82, 2.24) is 15.0 Å². The number of halogens is 1. The number of anilines is 3. The number of aliphatic hydroxyl groups is 1. The van der Waals surface area contributed by atoms with Crippen LogP contribution in [0.25, 0.3) is 11.1 Å². The van der Waals surface area contributed by atoms with E-state index in [-0.39, 0.29) is 11.6 Å². The maximum Gasteiger partial charge on any atom is 0.255 e. The van der Waals surface area contributed by atoms with E-state index in [4.69, 9.17) is 9.72 Å². The average Bonchev–Trinajstić information content (AvgIpc) is 2.88. The average molecular weight is 521 g/mol. The molecule has 0 saturated carbocycles. The standard InChI is InChI=1S/C28H33FN6O3/c1-18-22(14-21(15-31-18)32-26(36)19-5-6-30-23(11-19)27(2,3)29)20-12-24(34-7-9-38-10-8-34)33-25(13-20)35-16-28(4,37)17-35/h5-6,11-15,37H,7-10,16-17H2,1-4H3,(H,32,36). The van der Waals surface area contributed by atoms with Gasteiger partial charge in [0.25, 0.3) is 5.91 Å². The summed E-state index contributed by atoms with van der Waals surface area (Å²) in [6.07, 6.45) is 3.04. The van der Waals surface area contributed by atoms with E-state index >= 15 is 0 Å². The van der Waals surface area contributed by atoms with Gasteiger partial charge in [0, 0.05) is 49.2 Å². The molecule has 2 N–H and O–H groups in total. The topological polar surface area (TPSA) is 104 Å². The number of hydrogen-bond acceptors (Lipinski definition) is 8. The third-order valence-corrected chi connectivity index (χ3v) is 6.81. The molecule has 9 nitrogen and oxygen atoms in total. The number of nitrogens with zero attached hydrogens (tertiary/aromatic N) is 5. The first-order valence-corrected chi connectivity index (χ1v) is 12.7. The monoisotopic (exact) mass is 520 g/mol. The molecule has 5 rings (SSSR count). The number of nitrogens with one attached hydrogen (secondary N) is 1. The summed E-state index contributed by atoms with van der Waals surface area (Å²) in [5.74, 6) is 1.24. The van der Waals surface area contributed by atoms with Gasteiger partial charge in [-0.15, -0.1) is 0 Å². The van der Waals surface area contributed by atoms with Gasteiger partial charge in [0.1, 0.15) is 17.3 Å². The van der Waals surface area contributed by atoms with Gasteiger partial charge in [-0.05, 0) is 63.6 Å². The van der Waals surface area contributed by atoms with E-state index in [0.717, 1.165) is 41.5 Å². The highest BCUT2D eigenvalue weighted by atomic mass is 19.1. The Bertz CT molecular complexity index is 1340. The Morgan fingerprint density at radius 2 is 1.79 bits per heavy atom. The fraction of sp³-hybridized carbons (Fsp3) is 0.429. The zero-order valence-electron chi connectivity index (χ0n) is 22.2. The third-order valence-electron chi connectivity index (χ3n) is 6.81. The van der Waals surface area contributed by atoms with Gasteiger partial charge in [-0.3, -0.25) is 14.8 Å². The van der Waals surface area contributed by atoms with E-state index in [1.54, 1.807) is 12.3 Å². The molecule has 0 spiro atoms. The van der Waals surface area contributed by atoms with Crippen LogP contribution in [-0.2, 0) is 10.4 Å². The molecule has 0 aliphatic carbocycles. The lowest BCUT2D eigenvalue weighted by molar-refractivity contribution is 0.0305. The maximum absolute atomic E-state index is 14.4. The van der Waals surface area contributed by atoms with Crippen LogP contribution >= 0.6 is 0 Å². The second kappa shape index (κ2) is 9.92. The van der Waals surface area contributed by atoms with E-state index in [1.807, 2.05) is 32.0 Å². The van der Waals surface area contributed by atoms with Gasteiger partial charge in [-0.1, -0.05) is 0 Å². The maximum atomic E-state index is 14.4. The highest BCUT2D eigenvalue weighted by Gasteiger charge is 2.37. The lowest BCUT2D eigenvalue weighted by atomic mass is 9.96. The molecule has 200 valence electrons. The molecule has 1 amide bonds. The summed E-state index contributed by atoms with van der Waals surface area (Å²) in [7, 11) is 0. The smallest absolute Gasteiger partial charge is 0.255 e. The van der Waals surface area contributed by atoms with Crippen LogP contribution < -0.4 is 15.1 Å². The predicted molar refractivity (Wildman–Crippen MR) is 144 cm³/mol. The van der Waals surface area contributed by atoms with Gasteiger partial charge in [-0.2, -0.15) is 0 Å². The van der Waals surface area contributed by atoms with Crippen LogP contribution in [0, 0.1) is 6.92 Å². The molecule has 38 heavy (non-hydrogen) atoms. The van der Waals surface area contributed by atoms with Crippen molar-refractivity contribution in [3.8, 4) is 11.1 Å². The molecular weight excluding hydrogens is 487 g/mol. The van der Waals surface area contributed by atoms with Crippen molar-refractivity contribution >= 4 is 23.2 Å². The number of alkyl halides is 1. The van der Waals surface area contributed by atoms with E-state index in [1.165, 1.54) is 26.1 Å². The Morgan fingerprint density at radius 3 is 2.45 bits per heavy atom. The summed E-state index contributed by atoms with van der Waals surface area (Å²) >= 11 is 0. The summed E-state index contributed by atoms with van der Waals surface area (Å²) in [5.41, 5.74) is 1.20. The normalized spacial score (nSPS) is 17.2. The van der Waals surface area contributed by atoms with Gasteiger partial charge in [0.2, 0.25) is 0 Å². The van der Waals surface area contributed by atoms with Crippen molar-refractivity contribution in [3.05, 3.63) is 59.7 Å². The van der Waals surface area contributed by atoms with Crippen molar-refractivity contribution in [1.29, 1.82) is 0 Å². The molecule has 2 aliphatic heterocycles. The van der Waals surface area contributed by atoms with Crippen molar-refractivity contribution < 1.29 is 19.0 Å². The predicted octanol–water partition coefficient (Wildman–Crippen LogP) is 3.71. The molecule has 0 bridgehead atoms. The second-order valence-electron chi connectivity index (χ2n) is 10.7. The highest BCUT2D eigenvalue weighted by molar-refractivity contribution is 6.04. The number of rotatable bonds is 6. The minimum atomic E-state index is -1.66. The minimum Gasteiger partial charge on any atom is -0.386 e. The summed E-state index contributed by atoms with van der Waals surface area (Å²) < 4.78 is 19.9. The molecule has 0 atom stereocenters. The minimum absolute atomic E-state index is 0.192. The molecule has 3 aromatic rings. The van der Waals surface area contributed by atoms with Crippen LogP contribution in [0.5, 0.6) is 0 Å². The zero-order valence-corrected chi connectivity index (χ0v) is 22.2. The van der Waals surface area contributed by atoms with E-state index < -0.39 is 11.3 Å². The number of ether oxygens (including phenoxy) is 1. The molecule has 0 unspecified atom stereocenters. The fourth-order valence-corrected chi connectivity index (χ4v) is 4.71. The summed E-state index contributed by atoms with van der Waals surface area (Å²) in [6, 6.07) is 8.92. The quantitative estimate of drug-likeness (QED) is 0.507. The first-order chi connectivity index (χ1) is 18.0. The Kier molecular flexibility index (Phi) is 6.79. The van der Waals surface area contributed by atoms with Crippen molar-refractivity contribution in [2.45, 2.75) is 39.0 Å². The number of carbonyl (C=O) groups excluding carboxylic acids is 1. The molecule has 0 aromatic carbocycles. The number of aromatic nitrogens is 3. The summed E-state index contributed by atoms with van der Waals surface area (Å²) in [5, 5.41) is 13.2. The second-order valence-corrected chi connectivity index (χ2v) is 10.7. The SMILES string of the molecule is Cc1ncc(NC(=O)c2ccnc(C(C)(C)F)c2)cc1-c1cc(N2CCOCC2)nc(N2CC(C)(O)C2)c1. The van der Waals surface area contributed by atoms with Gasteiger partial charge in [0.05, 0.1) is 36.4 Å². The molecule has 2 saturated heterocycles. The molecule has 5 heterocycles. The van der Waals surface area contributed by atoms with Gasteiger partial charge in [0.15, 0.2) is 0 Å². The molecule has 3 aromatic heterocycles. The number of aryl methyl sites for hydroxylation is 1. The molecular formula is C28H33FN6O3. The van der Waals surface area contributed by atoms with E-state index in [9.17, 15) is 14.3 Å². The Hall–Kier alpha value is -3.63. The molecule has 10 heteroatoms. The van der Waals surface area contributed by atoms with Gasteiger partial charge >= 0.3 is 0 Å². The number of pyridine rings is 3. The lowest BCUT2D eigenvalue weighted by Crippen LogP contribution is -2.60. The van der Waals surface area contributed by atoms with Crippen LogP contribution in [0.4, 0.5) is 21.7 Å². The number of amides is 1. The number of hydrogen-bond donors (Lipinski definition) is 2. The molecule has 2 fully saturated rings. The fourth-order valence-electron chi connectivity index (χ4n) is 4.71. The lowest BCUT2D eigenvalue weighted by Gasteiger charge is -2.45. The van der Waals surface area contributed by atoms with Gasteiger partial charge in [-0.25, -0.2) is 9.37 Å². The Balaban J connectivity index is 1.46. The van der Waals surface area contributed by atoms with Gasteiger partial charge < -0.3 is 25.0 Å². The number of β-amino-alcohol motifs (C(OH)–C–C–N with tert-alkyl or cyclic N) is 1. The highest BCUT2D eigenvalue weighted by Crippen LogP contribution is 2.34. The Morgan fingerprint density at radius 1 is 1.11 bits per heavy atom. The van der Waals surface area contributed by atoms with Crippen molar-refractivity contribution in [2.75, 3.05) is 54.5 Å². The van der Waals surface area contributed by atoms with Crippen LogP contribution in [0.3, 0.4) is 0 Å². The van der Waals surface area contributed by atoms with Crippen LogP contribution in [0.15, 0.2) is 42.7 Å². The van der Waals surface area contributed by atoms with Crippen LogP contribution in [-0.4, -0.2) is 71.0 Å². The van der Waals surface area contributed by atoms with Crippen LogP contribution in [0.2, 0.25) is 0 Å². The number of morpholine rings is 1. The summed E-state index contributed by atoms with van der Waals surface area (Å²) in [4.78, 5) is 30.7. The largest absolute Gasteiger partial charge is 0.386 e. The van der Waals surface area contributed by atoms with Crippen molar-refractivity contribution in [3.63, 3.8) is 0 Å². The van der Waals surface area contributed by atoms with E-state index in [0.29, 0.717) is 37.6 Å². The van der Waals surface area contributed by atoms with Crippen LogP contribution in [0.1, 0.15) is 42.5 Å². The molecule has 2 aliphatic rings. The summed E-state index contributed by atoms with van der Waals surface area (Å²) in [6.45, 7) is 10.3. The number of carbonyl (C=O) groups is 1. The zero-order chi connectivity index (χ0) is 27.1. The third kappa shape index (κ3) is 5.61. The van der Waals surface area contributed by atoms with E-state index in [2.05, 4.69) is 25.1 Å². The Labute approximate surface area is 221 Å². The first-order valence-electron chi connectivity index (χ1n) is 12.7.